The molecule has 0 aliphatic carbocycles. The number of hydrogen-bond donors (Lipinski definition) is 1. The smallest absolute Gasteiger partial charge is 0.246 e. The molecule has 0 bridgehead atoms. The van der Waals surface area contributed by atoms with Crippen LogP contribution in [0.4, 0.5) is 5.69 Å². The number of nitrogens with zero attached hydrogens (tertiary/aromatic N) is 1. The average Bonchev–Trinajstić information content (AvgIpc) is 2.35. The Kier molecular flexibility index (Phi) is 3.30. The molecule has 0 unspecified atom stereocenters. The lowest BCUT2D eigenvalue weighted by Crippen LogP contribution is -2.52. The molecule has 0 aromatic heterocycles. The Morgan fingerprint density at radius 3 is 2.78 bits per heavy atom. The highest BCUT2D eigenvalue weighted by atomic mass is 16.5. The molecule has 1 aromatic carbocycles. The van der Waals surface area contributed by atoms with Crippen molar-refractivity contribution in [1.82, 2.24) is 0 Å². The minimum absolute atomic E-state index is 0.0621. The maximum atomic E-state index is 12.4. The van der Waals surface area contributed by atoms with Crippen LogP contribution in [-0.2, 0) is 11.2 Å². The number of para-hydroxylation sites is 1. The molecule has 1 aliphatic rings. The molecule has 98 valence electrons. The number of aryl methyl sites for hydroxylation is 1. The maximum absolute atomic E-state index is 12.4. The number of fused-ring (bicyclic) bond motifs is 1. The van der Waals surface area contributed by atoms with Gasteiger partial charge in [0.15, 0.2) is 0 Å². The van der Waals surface area contributed by atoms with Gasteiger partial charge >= 0.3 is 0 Å². The molecule has 2 rings (SSSR count). The van der Waals surface area contributed by atoms with E-state index in [9.17, 15) is 4.79 Å². The van der Waals surface area contributed by atoms with Gasteiger partial charge in [0.1, 0.15) is 5.75 Å². The van der Waals surface area contributed by atoms with Crippen LogP contribution in [0.3, 0.4) is 0 Å². The molecular weight excluding hydrogens is 228 g/mol. The third-order valence-corrected chi connectivity index (χ3v) is 3.20. The second-order valence-corrected chi connectivity index (χ2v) is 5.25. The number of benzene rings is 1. The second-order valence-electron chi connectivity index (χ2n) is 5.25. The van der Waals surface area contributed by atoms with Crippen molar-refractivity contribution >= 4 is 11.6 Å². The molecule has 0 saturated carbocycles. The van der Waals surface area contributed by atoms with E-state index in [0.717, 1.165) is 29.8 Å². The molecule has 4 heteroatoms. The lowest BCUT2D eigenvalue weighted by Gasteiger charge is -2.34. The summed E-state index contributed by atoms with van der Waals surface area (Å²) in [6.45, 7) is 4.17. The molecule has 1 heterocycles. The average molecular weight is 248 g/mol. The Labute approximate surface area is 108 Å². The van der Waals surface area contributed by atoms with Crippen molar-refractivity contribution in [2.45, 2.75) is 32.2 Å². The number of methoxy groups -OCH3 is 1. The molecule has 0 atom stereocenters. The van der Waals surface area contributed by atoms with E-state index in [1.165, 1.54) is 0 Å². The van der Waals surface area contributed by atoms with Gasteiger partial charge in [-0.15, -0.1) is 0 Å². The molecule has 2 N–H and O–H groups in total. The number of carbonyl (C=O) groups is 1. The maximum Gasteiger partial charge on any atom is 0.246 e. The number of rotatable bonds is 2. The van der Waals surface area contributed by atoms with Crippen LogP contribution in [0.2, 0.25) is 0 Å². The quantitative estimate of drug-likeness (QED) is 0.867. The fraction of sp³-hybridized carbons (Fsp3) is 0.500. The van der Waals surface area contributed by atoms with Gasteiger partial charge in [-0.05, 0) is 38.3 Å². The summed E-state index contributed by atoms with van der Waals surface area (Å²) in [6, 6.07) is 5.88. The fourth-order valence-electron chi connectivity index (χ4n) is 2.33. The summed E-state index contributed by atoms with van der Waals surface area (Å²) in [5.74, 6) is 0.678. The first kappa shape index (κ1) is 12.9. The van der Waals surface area contributed by atoms with Crippen LogP contribution >= 0.6 is 0 Å². The highest BCUT2D eigenvalue weighted by Gasteiger charge is 2.33. The van der Waals surface area contributed by atoms with E-state index < -0.39 is 5.54 Å². The molecule has 1 amide bonds. The molecule has 0 radical (unpaired) electrons. The van der Waals surface area contributed by atoms with E-state index in [-0.39, 0.29) is 5.91 Å². The summed E-state index contributed by atoms with van der Waals surface area (Å²) < 4.78 is 5.37. The molecule has 4 nitrogen and oxygen atoms in total. The van der Waals surface area contributed by atoms with Crippen molar-refractivity contribution in [3.63, 3.8) is 0 Å². The Morgan fingerprint density at radius 1 is 1.44 bits per heavy atom. The van der Waals surface area contributed by atoms with Gasteiger partial charge in [0.2, 0.25) is 5.91 Å². The van der Waals surface area contributed by atoms with Crippen LogP contribution < -0.4 is 15.4 Å². The summed E-state index contributed by atoms with van der Waals surface area (Å²) in [6.07, 6.45) is 1.93. The summed E-state index contributed by atoms with van der Waals surface area (Å²) in [4.78, 5) is 14.2. The topological polar surface area (TPSA) is 55.6 Å². The predicted octanol–water partition coefficient (Wildman–Crippen LogP) is 1.71. The number of anilines is 1. The highest BCUT2D eigenvalue weighted by molar-refractivity contribution is 6.01. The molecule has 18 heavy (non-hydrogen) atoms. The lowest BCUT2D eigenvalue weighted by atomic mass is 9.97. The summed E-state index contributed by atoms with van der Waals surface area (Å²) in [5, 5.41) is 0. The SMILES string of the molecule is COc1cccc2c1N(C(=O)C(C)(C)N)CCC2. The third kappa shape index (κ3) is 2.20. The van der Waals surface area contributed by atoms with E-state index in [4.69, 9.17) is 10.5 Å². The van der Waals surface area contributed by atoms with Crippen LogP contribution in [0.25, 0.3) is 0 Å². The van der Waals surface area contributed by atoms with E-state index in [1.54, 1.807) is 25.9 Å². The molecule has 0 spiro atoms. The highest BCUT2D eigenvalue weighted by Crippen LogP contribution is 2.36. The fourth-order valence-corrected chi connectivity index (χ4v) is 2.33. The Hall–Kier alpha value is -1.55. The van der Waals surface area contributed by atoms with Crippen molar-refractivity contribution in [3.05, 3.63) is 23.8 Å². The van der Waals surface area contributed by atoms with Crippen molar-refractivity contribution < 1.29 is 9.53 Å². The molecule has 0 saturated heterocycles. The van der Waals surface area contributed by atoms with Crippen LogP contribution in [0.5, 0.6) is 5.75 Å². The Bertz CT molecular complexity index is 449. The van der Waals surface area contributed by atoms with Gasteiger partial charge in [-0.1, -0.05) is 12.1 Å². The zero-order valence-corrected chi connectivity index (χ0v) is 11.2. The standard InChI is InChI=1S/C14H20N2O2/c1-14(2,15)13(17)16-9-5-7-10-6-4-8-11(18-3)12(10)16/h4,6,8H,5,7,9,15H2,1-3H3. The zero-order valence-electron chi connectivity index (χ0n) is 11.2. The van der Waals surface area contributed by atoms with Crippen LogP contribution in [0.15, 0.2) is 18.2 Å². The van der Waals surface area contributed by atoms with Crippen LogP contribution in [0, 0.1) is 0 Å². The van der Waals surface area contributed by atoms with E-state index in [0.29, 0.717) is 6.54 Å². The van der Waals surface area contributed by atoms with Gasteiger partial charge in [-0.25, -0.2) is 0 Å². The van der Waals surface area contributed by atoms with Crippen molar-refractivity contribution in [3.8, 4) is 5.75 Å². The van der Waals surface area contributed by atoms with Gasteiger partial charge in [-0.3, -0.25) is 4.79 Å². The summed E-state index contributed by atoms with van der Waals surface area (Å²) in [7, 11) is 1.63. The van der Waals surface area contributed by atoms with Gasteiger partial charge in [0, 0.05) is 6.54 Å². The van der Waals surface area contributed by atoms with Crippen molar-refractivity contribution in [2.75, 3.05) is 18.6 Å². The number of ether oxygens (including phenoxy) is 1. The van der Waals surface area contributed by atoms with Gasteiger partial charge in [0.25, 0.3) is 0 Å². The summed E-state index contributed by atoms with van der Waals surface area (Å²) >= 11 is 0. The Morgan fingerprint density at radius 2 is 2.17 bits per heavy atom. The molecule has 0 fully saturated rings. The summed E-state index contributed by atoms with van der Waals surface area (Å²) in [5.41, 5.74) is 7.10. The number of carbonyl (C=O) groups excluding carboxylic acids is 1. The van der Waals surface area contributed by atoms with Gasteiger partial charge in [0.05, 0.1) is 18.3 Å². The monoisotopic (exact) mass is 248 g/mol. The van der Waals surface area contributed by atoms with E-state index in [1.807, 2.05) is 18.2 Å². The number of amides is 1. The van der Waals surface area contributed by atoms with Crippen LogP contribution in [-0.4, -0.2) is 25.1 Å². The minimum Gasteiger partial charge on any atom is -0.495 e. The zero-order chi connectivity index (χ0) is 13.3. The number of hydrogen-bond acceptors (Lipinski definition) is 3. The van der Waals surface area contributed by atoms with Crippen molar-refractivity contribution in [1.29, 1.82) is 0 Å². The second kappa shape index (κ2) is 4.61. The minimum atomic E-state index is -0.866. The predicted molar refractivity (Wildman–Crippen MR) is 71.9 cm³/mol. The first-order valence-corrected chi connectivity index (χ1v) is 6.22. The van der Waals surface area contributed by atoms with Crippen molar-refractivity contribution in [2.24, 2.45) is 5.73 Å². The van der Waals surface area contributed by atoms with Gasteiger partial charge < -0.3 is 15.4 Å². The number of nitrogens with two attached hydrogens (primary N) is 1. The van der Waals surface area contributed by atoms with Gasteiger partial charge in [-0.2, -0.15) is 0 Å². The first-order valence-electron chi connectivity index (χ1n) is 6.22. The van der Waals surface area contributed by atoms with Crippen LogP contribution in [0.1, 0.15) is 25.8 Å². The molecule has 1 aliphatic heterocycles. The normalized spacial score (nSPS) is 15.2. The third-order valence-electron chi connectivity index (χ3n) is 3.20. The lowest BCUT2D eigenvalue weighted by molar-refractivity contribution is -0.122. The largest absolute Gasteiger partial charge is 0.495 e. The van der Waals surface area contributed by atoms with E-state index >= 15 is 0 Å². The molecular formula is C14H20N2O2. The van der Waals surface area contributed by atoms with E-state index in [2.05, 4.69) is 0 Å². The Balaban J connectivity index is 2.47. The first-order chi connectivity index (χ1) is 8.45. The molecule has 1 aromatic rings.